The van der Waals surface area contributed by atoms with Crippen molar-refractivity contribution in [2.45, 2.75) is 40.3 Å². The first-order valence-electron chi connectivity index (χ1n) is 6.28. The van der Waals surface area contributed by atoms with Crippen molar-refractivity contribution in [2.75, 3.05) is 0 Å². The SMILES string of the molecule is CCCn1nccc1C(=O)c1cc(C)nn1CC. The number of aromatic nitrogens is 4. The second-order valence-electron chi connectivity index (χ2n) is 4.26. The molecule has 0 atom stereocenters. The minimum atomic E-state index is -0.0107. The first kappa shape index (κ1) is 12.5. The Morgan fingerprint density at radius 2 is 2.06 bits per heavy atom. The van der Waals surface area contributed by atoms with E-state index < -0.39 is 0 Å². The van der Waals surface area contributed by atoms with Crippen LogP contribution in [0.3, 0.4) is 0 Å². The Bertz CT molecular complexity index is 553. The van der Waals surface area contributed by atoms with Crippen LogP contribution in [0.5, 0.6) is 0 Å². The van der Waals surface area contributed by atoms with E-state index in [4.69, 9.17) is 0 Å². The highest BCUT2D eigenvalue weighted by atomic mass is 16.1. The molecular formula is C13H18N4O. The average Bonchev–Trinajstić information content (AvgIpc) is 2.95. The monoisotopic (exact) mass is 246 g/mol. The van der Waals surface area contributed by atoms with Gasteiger partial charge < -0.3 is 0 Å². The molecule has 0 aliphatic carbocycles. The maximum Gasteiger partial charge on any atom is 0.229 e. The van der Waals surface area contributed by atoms with E-state index in [1.54, 1.807) is 21.6 Å². The van der Waals surface area contributed by atoms with Gasteiger partial charge in [-0.3, -0.25) is 14.2 Å². The first-order valence-corrected chi connectivity index (χ1v) is 6.28. The lowest BCUT2D eigenvalue weighted by Gasteiger charge is -2.06. The number of ketones is 1. The predicted octanol–water partition coefficient (Wildman–Crippen LogP) is 2.05. The predicted molar refractivity (Wildman–Crippen MR) is 68.6 cm³/mol. The average molecular weight is 246 g/mol. The Kier molecular flexibility index (Phi) is 3.60. The number of aryl methyl sites for hydroxylation is 3. The molecule has 2 aromatic rings. The lowest BCUT2D eigenvalue weighted by atomic mass is 10.2. The van der Waals surface area contributed by atoms with Gasteiger partial charge in [-0.05, 0) is 32.4 Å². The summed E-state index contributed by atoms with van der Waals surface area (Å²) in [5.74, 6) is -0.0107. The molecule has 0 amide bonds. The second kappa shape index (κ2) is 5.16. The summed E-state index contributed by atoms with van der Waals surface area (Å²) >= 11 is 0. The van der Waals surface area contributed by atoms with Crippen LogP contribution in [-0.2, 0) is 13.1 Å². The summed E-state index contributed by atoms with van der Waals surface area (Å²) in [6, 6.07) is 3.59. The van der Waals surface area contributed by atoms with Crippen LogP contribution in [-0.4, -0.2) is 25.3 Å². The van der Waals surface area contributed by atoms with Crippen molar-refractivity contribution in [1.29, 1.82) is 0 Å². The minimum Gasteiger partial charge on any atom is -0.285 e. The number of rotatable bonds is 5. The van der Waals surface area contributed by atoms with Crippen molar-refractivity contribution < 1.29 is 4.79 Å². The molecule has 0 spiro atoms. The van der Waals surface area contributed by atoms with Crippen LogP contribution < -0.4 is 0 Å². The normalized spacial score (nSPS) is 10.8. The smallest absolute Gasteiger partial charge is 0.229 e. The van der Waals surface area contributed by atoms with Crippen LogP contribution in [0.15, 0.2) is 18.3 Å². The Labute approximate surface area is 106 Å². The third-order valence-electron chi connectivity index (χ3n) is 2.82. The fraction of sp³-hybridized carbons (Fsp3) is 0.462. The standard InChI is InChI=1S/C13H18N4O/c1-4-8-17-11(6-7-14-17)13(18)12-9-10(3)15-16(12)5-2/h6-7,9H,4-5,8H2,1-3H3. The Hall–Kier alpha value is -1.91. The lowest BCUT2D eigenvalue weighted by molar-refractivity contribution is 0.101. The summed E-state index contributed by atoms with van der Waals surface area (Å²) in [6.45, 7) is 7.39. The van der Waals surface area contributed by atoms with Crippen LogP contribution in [0.25, 0.3) is 0 Å². The fourth-order valence-electron chi connectivity index (χ4n) is 2.02. The van der Waals surface area contributed by atoms with Gasteiger partial charge in [0, 0.05) is 19.3 Å². The molecule has 0 saturated heterocycles. The van der Waals surface area contributed by atoms with E-state index in [1.807, 2.05) is 19.9 Å². The third kappa shape index (κ3) is 2.20. The number of hydrogen-bond acceptors (Lipinski definition) is 3. The van der Waals surface area contributed by atoms with Crippen molar-refractivity contribution >= 4 is 5.78 Å². The van der Waals surface area contributed by atoms with E-state index in [9.17, 15) is 4.79 Å². The van der Waals surface area contributed by atoms with Gasteiger partial charge in [-0.25, -0.2) is 0 Å². The maximum atomic E-state index is 12.5. The molecule has 0 fully saturated rings. The Morgan fingerprint density at radius 1 is 1.28 bits per heavy atom. The van der Waals surface area contributed by atoms with Gasteiger partial charge >= 0.3 is 0 Å². The highest BCUT2D eigenvalue weighted by Crippen LogP contribution is 2.12. The van der Waals surface area contributed by atoms with E-state index in [0.717, 1.165) is 18.7 Å². The molecule has 0 aromatic carbocycles. The molecule has 0 saturated carbocycles. The van der Waals surface area contributed by atoms with E-state index in [0.29, 0.717) is 17.9 Å². The molecule has 0 unspecified atom stereocenters. The number of carbonyl (C=O) groups is 1. The van der Waals surface area contributed by atoms with Crippen LogP contribution in [0.1, 0.15) is 42.1 Å². The van der Waals surface area contributed by atoms with Crippen molar-refractivity contribution in [1.82, 2.24) is 19.6 Å². The molecular weight excluding hydrogens is 228 g/mol. The molecule has 5 heteroatoms. The lowest BCUT2D eigenvalue weighted by Crippen LogP contribution is -2.15. The Morgan fingerprint density at radius 3 is 2.72 bits per heavy atom. The quantitative estimate of drug-likeness (QED) is 0.759. The molecule has 2 rings (SSSR count). The first-order chi connectivity index (χ1) is 8.67. The fourth-order valence-corrected chi connectivity index (χ4v) is 2.02. The van der Waals surface area contributed by atoms with Gasteiger partial charge in [0.2, 0.25) is 5.78 Å². The van der Waals surface area contributed by atoms with Crippen LogP contribution in [0.2, 0.25) is 0 Å². The van der Waals surface area contributed by atoms with Gasteiger partial charge in [-0.2, -0.15) is 10.2 Å². The maximum absolute atomic E-state index is 12.5. The Balaban J connectivity index is 2.38. The molecule has 0 aliphatic heterocycles. The highest BCUT2D eigenvalue weighted by molar-refractivity contribution is 6.06. The molecule has 96 valence electrons. The molecule has 0 N–H and O–H groups in total. The molecule has 18 heavy (non-hydrogen) atoms. The van der Waals surface area contributed by atoms with Crippen molar-refractivity contribution in [3.8, 4) is 0 Å². The molecule has 2 heterocycles. The topological polar surface area (TPSA) is 52.7 Å². The zero-order chi connectivity index (χ0) is 13.1. The number of hydrogen-bond donors (Lipinski definition) is 0. The second-order valence-corrected chi connectivity index (χ2v) is 4.26. The van der Waals surface area contributed by atoms with Gasteiger partial charge in [0.05, 0.1) is 5.69 Å². The molecule has 0 radical (unpaired) electrons. The minimum absolute atomic E-state index is 0.0107. The van der Waals surface area contributed by atoms with Crippen molar-refractivity contribution in [3.05, 3.63) is 35.4 Å². The van der Waals surface area contributed by atoms with E-state index in [-0.39, 0.29) is 5.78 Å². The summed E-state index contributed by atoms with van der Waals surface area (Å²) in [5, 5.41) is 8.48. The summed E-state index contributed by atoms with van der Waals surface area (Å²) in [7, 11) is 0. The molecule has 2 aromatic heterocycles. The van der Waals surface area contributed by atoms with Gasteiger partial charge in [-0.1, -0.05) is 6.92 Å². The van der Waals surface area contributed by atoms with E-state index in [2.05, 4.69) is 17.1 Å². The summed E-state index contributed by atoms with van der Waals surface area (Å²) in [5.41, 5.74) is 2.13. The van der Waals surface area contributed by atoms with Gasteiger partial charge in [0.25, 0.3) is 0 Å². The third-order valence-corrected chi connectivity index (χ3v) is 2.82. The summed E-state index contributed by atoms with van der Waals surface area (Å²) in [4.78, 5) is 12.5. The van der Waals surface area contributed by atoms with Crippen LogP contribution in [0.4, 0.5) is 0 Å². The summed E-state index contributed by atoms with van der Waals surface area (Å²) < 4.78 is 3.49. The molecule has 0 aliphatic rings. The van der Waals surface area contributed by atoms with Crippen LogP contribution in [0, 0.1) is 6.92 Å². The van der Waals surface area contributed by atoms with Gasteiger partial charge in [-0.15, -0.1) is 0 Å². The van der Waals surface area contributed by atoms with Gasteiger partial charge in [0.1, 0.15) is 11.4 Å². The zero-order valence-electron chi connectivity index (χ0n) is 11.1. The zero-order valence-corrected chi connectivity index (χ0v) is 11.1. The van der Waals surface area contributed by atoms with Crippen molar-refractivity contribution in [2.24, 2.45) is 0 Å². The molecule has 5 nitrogen and oxygen atoms in total. The summed E-state index contributed by atoms with van der Waals surface area (Å²) in [6.07, 6.45) is 2.62. The van der Waals surface area contributed by atoms with E-state index in [1.165, 1.54) is 0 Å². The highest BCUT2D eigenvalue weighted by Gasteiger charge is 2.18. The van der Waals surface area contributed by atoms with E-state index >= 15 is 0 Å². The number of nitrogens with zero attached hydrogens (tertiary/aromatic N) is 4. The number of carbonyl (C=O) groups excluding carboxylic acids is 1. The molecule has 0 bridgehead atoms. The van der Waals surface area contributed by atoms with Crippen molar-refractivity contribution in [3.63, 3.8) is 0 Å². The van der Waals surface area contributed by atoms with Crippen LogP contribution >= 0.6 is 0 Å². The van der Waals surface area contributed by atoms with Gasteiger partial charge in [0.15, 0.2) is 0 Å². The largest absolute Gasteiger partial charge is 0.285 e.